The van der Waals surface area contributed by atoms with Crippen LogP contribution >= 0.6 is 0 Å². The summed E-state index contributed by atoms with van der Waals surface area (Å²) >= 11 is 0. The maximum Gasteiger partial charge on any atom is 0.264 e. The number of benzene rings is 2. The van der Waals surface area contributed by atoms with E-state index in [2.05, 4.69) is 32.3 Å². The van der Waals surface area contributed by atoms with E-state index in [9.17, 15) is 9.59 Å². The smallest absolute Gasteiger partial charge is 0.264 e. The van der Waals surface area contributed by atoms with E-state index in [-0.39, 0.29) is 16.9 Å². The summed E-state index contributed by atoms with van der Waals surface area (Å²) in [6.45, 7) is 1.82. The Bertz CT molecular complexity index is 2030. The number of pyridine rings is 1. The molecular weight excluding hydrogens is 504 g/mol. The number of nitrogens with zero attached hydrogens (tertiary/aromatic N) is 6. The van der Waals surface area contributed by atoms with Gasteiger partial charge in [-0.2, -0.15) is 5.10 Å². The van der Waals surface area contributed by atoms with E-state index in [4.69, 9.17) is 5.73 Å². The molecule has 2 aromatic carbocycles. The second-order valence-electron chi connectivity index (χ2n) is 9.30. The van der Waals surface area contributed by atoms with Crippen molar-refractivity contribution in [2.75, 3.05) is 5.73 Å². The van der Waals surface area contributed by atoms with Gasteiger partial charge in [0.2, 0.25) is 0 Å². The third-order valence-corrected chi connectivity index (χ3v) is 6.61. The summed E-state index contributed by atoms with van der Waals surface area (Å²) < 4.78 is 4.79. The lowest BCUT2D eigenvalue weighted by atomic mass is 10.0. The molecule has 0 aliphatic rings. The number of aryl methyl sites for hydroxylation is 1. The van der Waals surface area contributed by atoms with E-state index in [0.29, 0.717) is 38.9 Å². The number of hydrogen-bond acceptors (Lipinski definition) is 6. The Hall–Kier alpha value is -5.69. The van der Waals surface area contributed by atoms with Gasteiger partial charge >= 0.3 is 0 Å². The standard InChI is InChI=1S/C30H24N8O2/c1-19(33-29(39)27-25-18-32-14-16-37(25)35-28(27)31)24-17-21-8-6-7-20(11-12-22-13-15-36(2)34-22)26(21)30(40)38(24)23-9-4-3-5-10-23/h3-10,13-19H,1-2H3,(H2,31,35)(H,33,39)/t19-/m0/s1. The van der Waals surface area contributed by atoms with Crippen molar-refractivity contribution in [2.45, 2.75) is 13.0 Å². The molecule has 6 aromatic rings. The number of carbonyl (C=O) groups is 1. The fourth-order valence-corrected chi connectivity index (χ4v) is 4.76. The summed E-state index contributed by atoms with van der Waals surface area (Å²) in [4.78, 5) is 31.7. The van der Waals surface area contributed by atoms with E-state index in [1.54, 1.807) is 21.6 Å². The molecule has 4 aromatic heterocycles. The molecule has 0 radical (unpaired) electrons. The van der Waals surface area contributed by atoms with Crippen LogP contribution in [0, 0.1) is 11.8 Å². The number of carbonyl (C=O) groups excluding carboxylic acids is 1. The highest BCUT2D eigenvalue weighted by Crippen LogP contribution is 2.24. The van der Waals surface area contributed by atoms with Crippen LogP contribution in [0.25, 0.3) is 22.0 Å². The van der Waals surface area contributed by atoms with Crippen molar-refractivity contribution in [3.8, 4) is 17.5 Å². The second kappa shape index (κ2) is 9.89. The van der Waals surface area contributed by atoms with Gasteiger partial charge in [-0.25, -0.2) is 4.52 Å². The molecular formula is C30H24N8O2. The molecule has 1 atom stereocenters. The third kappa shape index (κ3) is 4.35. The number of aromatic nitrogens is 6. The van der Waals surface area contributed by atoms with Crippen LogP contribution in [0.4, 0.5) is 5.82 Å². The topological polar surface area (TPSA) is 125 Å². The Morgan fingerprint density at radius 2 is 1.85 bits per heavy atom. The van der Waals surface area contributed by atoms with Gasteiger partial charge in [0.15, 0.2) is 5.82 Å². The number of amides is 1. The number of nitrogens with one attached hydrogen (secondary N) is 1. The fourth-order valence-electron chi connectivity index (χ4n) is 4.76. The van der Waals surface area contributed by atoms with Crippen LogP contribution < -0.4 is 16.6 Å². The molecule has 40 heavy (non-hydrogen) atoms. The van der Waals surface area contributed by atoms with Gasteiger partial charge in [0, 0.05) is 42.6 Å². The first kappa shape index (κ1) is 24.6. The summed E-state index contributed by atoms with van der Waals surface area (Å²) in [5.74, 6) is 5.84. The predicted molar refractivity (Wildman–Crippen MR) is 152 cm³/mol. The van der Waals surface area contributed by atoms with Crippen molar-refractivity contribution in [1.82, 2.24) is 34.3 Å². The summed E-state index contributed by atoms with van der Waals surface area (Å²) in [7, 11) is 1.82. The number of nitrogen functional groups attached to an aromatic ring is 1. The first-order chi connectivity index (χ1) is 19.4. The molecule has 6 rings (SSSR count). The number of anilines is 1. The van der Waals surface area contributed by atoms with Crippen LogP contribution in [0.15, 0.2) is 90.2 Å². The maximum atomic E-state index is 14.2. The third-order valence-electron chi connectivity index (χ3n) is 6.61. The Labute approximate surface area is 228 Å². The zero-order valence-corrected chi connectivity index (χ0v) is 21.7. The highest BCUT2D eigenvalue weighted by molar-refractivity contribution is 6.05. The molecule has 0 bridgehead atoms. The first-order valence-corrected chi connectivity index (χ1v) is 12.5. The van der Waals surface area contributed by atoms with Crippen molar-refractivity contribution in [2.24, 2.45) is 7.05 Å². The number of para-hydroxylation sites is 1. The van der Waals surface area contributed by atoms with Gasteiger partial charge in [0.05, 0.1) is 23.1 Å². The Morgan fingerprint density at radius 3 is 2.62 bits per heavy atom. The highest BCUT2D eigenvalue weighted by Gasteiger charge is 2.23. The summed E-state index contributed by atoms with van der Waals surface area (Å²) in [6.07, 6.45) is 6.53. The first-order valence-electron chi connectivity index (χ1n) is 12.5. The SMILES string of the molecule is C[C@H](NC(=O)c1c(N)nn2ccncc12)c1cc2cccc(C#Cc3ccn(C)n3)c2c(=O)n1-c1ccccc1. The zero-order valence-electron chi connectivity index (χ0n) is 21.7. The zero-order chi connectivity index (χ0) is 27.8. The predicted octanol–water partition coefficient (Wildman–Crippen LogP) is 3.24. The van der Waals surface area contributed by atoms with Crippen molar-refractivity contribution in [1.29, 1.82) is 0 Å². The lowest BCUT2D eigenvalue weighted by Gasteiger charge is -2.21. The lowest BCUT2D eigenvalue weighted by molar-refractivity contribution is 0.0941. The van der Waals surface area contributed by atoms with Gasteiger partial charge in [0.1, 0.15) is 11.3 Å². The Balaban J connectivity index is 1.48. The molecule has 4 heterocycles. The Morgan fingerprint density at radius 1 is 1.02 bits per heavy atom. The highest BCUT2D eigenvalue weighted by atomic mass is 16.2. The monoisotopic (exact) mass is 528 g/mol. The molecule has 0 spiro atoms. The van der Waals surface area contributed by atoms with E-state index in [0.717, 1.165) is 0 Å². The van der Waals surface area contributed by atoms with Crippen molar-refractivity contribution < 1.29 is 4.79 Å². The van der Waals surface area contributed by atoms with Gasteiger partial charge in [-0.05, 0) is 48.6 Å². The van der Waals surface area contributed by atoms with Gasteiger partial charge in [0.25, 0.3) is 11.5 Å². The second-order valence-corrected chi connectivity index (χ2v) is 9.30. The minimum absolute atomic E-state index is 0.0905. The Kier molecular flexibility index (Phi) is 6.09. The summed E-state index contributed by atoms with van der Waals surface area (Å²) in [6, 6.07) is 18.0. The quantitative estimate of drug-likeness (QED) is 0.339. The molecule has 196 valence electrons. The molecule has 0 saturated heterocycles. The van der Waals surface area contributed by atoms with Crippen LogP contribution in [-0.4, -0.2) is 34.9 Å². The summed E-state index contributed by atoms with van der Waals surface area (Å²) in [5, 5.41) is 12.7. The minimum Gasteiger partial charge on any atom is -0.382 e. The van der Waals surface area contributed by atoms with Crippen LogP contribution in [0.1, 0.15) is 40.3 Å². The summed E-state index contributed by atoms with van der Waals surface area (Å²) in [5.41, 5.74) is 9.01. The van der Waals surface area contributed by atoms with Crippen molar-refractivity contribution >= 4 is 28.0 Å². The number of nitrogens with two attached hydrogens (primary N) is 1. The van der Waals surface area contributed by atoms with E-state index in [1.807, 2.05) is 80.8 Å². The van der Waals surface area contributed by atoms with E-state index < -0.39 is 11.9 Å². The molecule has 0 unspecified atom stereocenters. The van der Waals surface area contributed by atoms with Crippen LogP contribution in [0.3, 0.4) is 0 Å². The molecule has 10 nitrogen and oxygen atoms in total. The normalized spacial score (nSPS) is 11.8. The maximum absolute atomic E-state index is 14.2. The number of hydrogen-bond donors (Lipinski definition) is 2. The number of rotatable bonds is 4. The average molecular weight is 529 g/mol. The lowest BCUT2D eigenvalue weighted by Crippen LogP contribution is -2.32. The molecule has 10 heteroatoms. The van der Waals surface area contributed by atoms with Gasteiger partial charge in [-0.3, -0.25) is 23.8 Å². The van der Waals surface area contributed by atoms with Gasteiger partial charge < -0.3 is 11.1 Å². The van der Waals surface area contributed by atoms with Gasteiger partial charge in [-0.15, -0.1) is 5.10 Å². The van der Waals surface area contributed by atoms with Gasteiger partial charge in [-0.1, -0.05) is 36.3 Å². The average Bonchev–Trinajstić information content (AvgIpc) is 3.53. The minimum atomic E-state index is -0.570. The largest absolute Gasteiger partial charge is 0.382 e. The van der Waals surface area contributed by atoms with Crippen molar-refractivity contribution in [3.05, 3.63) is 118 Å². The molecule has 0 aliphatic carbocycles. The molecule has 0 fully saturated rings. The van der Waals surface area contributed by atoms with E-state index >= 15 is 0 Å². The molecule has 0 aliphatic heterocycles. The van der Waals surface area contributed by atoms with E-state index in [1.165, 1.54) is 10.7 Å². The molecule has 0 saturated carbocycles. The van der Waals surface area contributed by atoms with Crippen molar-refractivity contribution in [3.63, 3.8) is 0 Å². The van der Waals surface area contributed by atoms with Crippen LogP contribution in [0.2, 0.25) is 0 Å². The fraction of sp³-hybridized carbons (Fsp3) is 0.100. The molecule has 3 N–H and O–H groups in total. The van der Waals surface area contributed by atoms with Crippen LogP contribution in [-0.2, 0) is 7.05 Å². The molecule has 1 amide bonds. The van der Waals surface area contributed by atoms with Crippen LogP contribution in [0.5, 0.6) is 0 Å². The number of fused-ring (bicyclic) bond motifs is 2.